The van der Waals surface area contributed by atoms with Crippen molar-refractivity contribution in [2.45, 2.75) is 32.4 Å². The predicted molar refractivity (Wildman–Crippen MR) is 109 cm³/mol. The molecule has 3 rings (SSSR count). The van der Waals surface area contributed by atoms with Crippen LogP contribution in [0.5, 0.6) is 0 Å². The molecule has 1 amide bonds. The number of hydrogen-bond acceptors (Lipinski definition) is 7. The molecule has 29 heavy (non-hydrogen) atoms. The second-order valence-electron chi connectivity index (χ2n) is 7.23. The van der Waals surface area contributed by atoms with Crippen molar-refractivity contribution in [3.8, 4) is 11.5 Å². The van der Waals surface area contributed by atoms with Gasteiger partial charge in [-0.15, -0.1) is 0 Å². The molecule has 0 saturated carbocycles. The highest BCUT2D eigenvalue weighted by Crippen LogP contribution is 2.21. The molecule has 2 heterocycles. The molecule has 1 aromatic carbocycles. The van der Waals surface area contributed by atoms with Crippen LogP contribution in [0.15, 0.2) is 42.9 Å². The summed E-state index contributed by atoms with van der Waals surface area (Å²) in [5.74, 6) is 0.965. The molecule has 0 saturated heterocycles. The number of halogens is 1. The zero-order valence-electron chi connectivity index (χ0n) is 16.3. The van der Waals surface area contributed by atoms with Crippen molar-refractivity contribution in [3.63, 3.8) is 0 Å². The molecular weight excluding hydrogens is 394 g/mol. The molecule has 0 aliphatic rings. The fourth-order valence-corrected chi connectivity index (χ4v) is 2.56. The zero-order valence-corrected chi connectivity index (χ0v) is 17.1. The van der Waals surface area contributed by atoms with Gasteiger partial charge in [-0.2, -0.15) is 5.10 Å². The lowest BCUT2D eigenvalue weighted by Gasteiger charge is -2.22. The largest absolute Gasteiger partial charge is 0.444 e. The fourth-order valence-electron chi connectivity index (χ4n) is 2.43. The highest BCUT2D eigenvalue weighted by atomic mass is 35.5. The van der Waals surface area contributed by atoms with Crippen LogP contribution in [-0.2, 0) is 4.74 Å². The van der Waals surface area contributed by atoms with E-state index in [1.807, 2.05) is 12.1 Å². The number of amides is 1. The molecule has 1 unspecified atom stereocenters. The molecule has 3 N–H and O–H groups in total. The smallest absolute Gasteiger partial charge is 0.407 e. The maximum absolute atomic E-state index is 12.1. The maximum Gasteiger partial charge on any atom is 0.407 e. The number of anilines is 1. The van der Waals surface area contributed by atoms with E-state index in [2.05, 4.69) is 35.8 Å². The Hall–Kier alpha value is -3.20. The first-order chi connectivity index (χ1) is 13.8. The number of H-pyrrole nitrogens is 1. The summed E-state index contributed by atoms with van der Waals surface area (Å²) in [7, 11) is 0. The summed E-state index contributed by atoms with van der Waals surface area (Å²) >= 11 is 5.96. The van der Waals surface area contributed by atoms with E-state index in [9.17, 15) is 4.79 Å². The van der Waals surface area contributed by atoms with E-state index in [1.54, 1.807) is 45.2 Å². The van der Waals surface area contributed by atoms with Gasteiger partial charge in [0.25, 0.3) is 0 Å². The van der Waals surface area contributed by atoms with Crippen LogP contribution in [0.4, 0.5) is 10.5 Å². The zero-order chi connectivity index (χ0) is 20.9. The first-order valence-corrected chi connectivity index (χ1v) is 9.35. The average molecular weight is 416 g/mol. The Morgan fingerprint density at radius 3 is 2.66 bits per heavy atom. The number of ether oxygens (including phenoxy) is 1. The monoisotopic (exact) mass is 415 g/mol. The lowest BCUT2D eigenvalue weighted by atomic mass is 10.2. The number of benzene rings is 1. The van der Waals surface area contributed by atoms with E-state index in [0.717, 1.165) is 5.69 Å². The number of hydrogen-bond donors (Lipinski definition) is 3. The first kappa shape index (κ1) is 20.5. The van der Waals surface area contributed by atoms with Gasteiger partial charge in [0.05, 0.1) is 0 Å². The minimum Gasteiger partial charge on any atom is -0.444 e. The van der Waals surface area contributed by atoms with Gasteiger partial charge in [-0.05, 0) is 51.1 Å². The summed E-state index contributed by atoms with van der Waals surface area (Å²) in [4.78, 5) is 24.6. The van der Waals surface area contributed by atoms with E-state index in [1.165, 1.54) is 6.33 Å². The fraction of sp³-hybridized carbons (Fsp3) is 0.316. The Balaban J connectivity index is 1.77. The van der Waals surface area contributed by atoms with E-state index in [0.29, 0.717) is 22.4 Å². The molecule has 0 bridgehead atoms. The summed E-state index contributed by atoms with van der Waals surface area (Å²) in [6.07, 6.45) is 2.53. The summed E-state index contributed by atoms with van der Waals surface area (Å²) in [6, 6.07) is 8.54. The van der Waals surface area contributed by atoms with Crippen molar-refractivity contribution in [1.82, 2.24) is 30.5 Å². The normalized spacial score (nSPS) is 12.3. The van der Waals surface area contributed by atoms with E-state index < -0.39 is 17.7 Å². The van der Waals surface area contributed by atoms with Gasteiger partial charge in [0.2, 0.25) is 0 Å². The van der Waals surface area contributed by atoms with E-state index in [4.69, 9.17) is 16.3 Å². The van der Waals surface area contributed by atoms with Gasteiger partial charge < -0.3 is 15.4 Å². The van der Waals surface area contributed by atoms with Crippen LogP contribution >= 0.6 is 11.6 Å². The lowest BCUT2D eigenvalue weighted by Crippen LogP contribution is -2.36. The van der Waals surface area contributed by atoms with Crippen LogP contribution in [0.3, 0.4) is 0 Å². The SMILES string of the molecule is CC(C)(C)OC(=O)NCC(Nc1ccc(Cl)cc1)c1nc(-c2ccncn2)n[nH]1. The summed E-state index contributed by atoms with van der Waals surface area (Å²) in [5.41, 5.74) is 0.813. The summed E-state index contributed by atoms with van der Waals surface area (Å²) in [5, 5.41) is 13.8. The van der Waals surface area contributed by atoms with Crippen molar-refractivity contribution >= 4 is 23.4 Å². The molecule has 0 aliphatic heterocycles. The maximum atomic E-state index is 12.1. The third-order valence-electron chi connectivity index (χ3n) is 3.68. The molecule has 1 atom stereocenters. The van der Waals surface area contributed by atoms with Crippen LogP contribution in [-0.4, -0.2) is 43.4 Å². The Kier molecular flexibility index (Phi) is 6.28. The van der Waals surface area contributed by atoms with Crippen LogP contribution in [0.2, 0.25) is 5.02 Å². The Morgan fingerprint density at radius 2 is 2.00 bits per heavy atom. The minimum atomic E-state index is -0.588. The standard InChI is InChI=1S/C19H22ClN7O2/c1-19(2,3)29-18(28)22-10-15(24-13-6-4-12(20)5-7-13)17-25-16(26-27-17)14-8-9-21-11-23-14/h4-9,11,15,24H,10H2,1-3H3,(H,22,28)(H,25,26,27). The van der Waals surface area contributed by atoms with Crippen LogP contribution in [0.25, 0.3) is 11.5 Å². The number of rotatable bonds is 6. The van der Waals surface area contributed by atoms with Gasteiger partial charge in [-0.1, -0.05) is 11.6 Å². The summed E-state index contributed by atoms with van der Waals surface area (Å²) < 4.78 is 5.31. The molecule has 0 fully saturated rings. The van der Waals surface area contributed by atoms with Crippen LogP contribution < -0.4 is 10.6 Å². The van der Waals surface area contributed by atoms with E-state index in [-0.39, 0.29) is 6.54 Å². The third-order valence-corrected chi connectivity index (χ3v) is 3.93. The molecule has 3 aromatic rings. The van der Waals surface area contributed by atoms with Crippen molar-refractivity contribution in [2.75, 3.05) is 11.9 Å². The van der Waals surface area contributed by atoms with E-state index >= 15 is 0 Å². The highest BCUT2D eigenvalue weighted by molar-refractivity contribution is 6.30. The number of aromatic nitrogens is 5. The van der Waals surface area contributed by atoms with Crippen molar-refractivity contribution < 1.29 is 9.53 Å². The molecule has 0 spiro atoms. The van der Waals surface area contributed by atoms with Gasteiger partial charge in [-0.3, -0.25) is 5.10 Å². The van der Waals surface area contributed by atoms with Crippen molar-refractivity contribution in [3.05, 3.63) is 53.7 Å². The topological polar surface area (TPSA) is 118 Å². The van der Waals surface area contributed by atoms with Gasteiger partial charge in [0.1, 0.15) is 29.5 Å². The van der Waals surface area contributed by atoms with Crippen molar-refractivity contribution in [1.29, 1.82) is 0 Å². The van der Waals surface area contributed by atoms with Gasteiger partial charge >= 0.3 is 6.09 Å². The molecule has 0 aliphatic carbocycles. The van der Waals surface area contributed by atoms with Gasteiger partial charge in [0.15, 0.2) is 5.82 Å². The number of carbonyl (C=O) groups excluding carboxylic acids is 1. The average Bonchev–Trinajstić information content (AvgIpc) is 3.16. The number of alkyl carbamates (subject to hydrolysis) is 1. The number of aromatic amines is 1. The highest BCUT2D eigenvalue weighted by Gasteiger charge is 2.21. The number of nitrogens with zero attached hydrogens (tertiary/aromatic N) is 4. The second-order valence-corrected chi connectivity index (χ2v) is 7.66. The van der Waals surface area contributed by atoms with Crippen LogP contribution in [0, 0.1) is 0 Å². The van der Waals surface area contributed by atoms with Gasteiger partial charge in [0, 0.05) is 23.5 Å². The lowest BCUT2D eigenvalue weighted by molar-refractivity contribution is 0.0525. The molecule has 2 aromatic heterocycles. The van der Waals surface area contributed by atoms with Crippen LogP contribution in [0.1, 0.15) is 32.6 Å². The van der Waals surface area contributed by atoms with Gasteiger partial charge in [-0.25, -0.2) is 19.7 Å². The Labute approximate surface area is 173 Å². The number of carbonyl (C=O) groups is 1. The Bertz CT molecular complexity index is 939. The molecular formula is C19H22ClN7O2. The summed E-state index contributed by atoms with van der Waals surface area (Å²) in [6.45, 7) is 5.64. The quantitative estimate of drug-likeness (QED) is 0.562. The molecule has 9 nitrogen and oxygen atoms in total. The molecule has 0 radical (unpaired) electrons. The first-order valence-electron chi connectivity index (χ1n) is 8.98. The Morgan fingerprint density at radius 1 is 1.24 bits per heavy atom. The van der Waals surface area contributed by atoms with Crippen molar-refractivity contribution in [2.24, 2.45) is 0 Å². The minimum absolute atomic E-state index is 0.218. The second kappa shape index (κ2) is 8.87. The molecule has 10 heteroatoms. The molecule has 152 valence electrons. The number of nitrogens with one attached hydrogen (secondary N) is 3. The predicted octanol–water partition coefficient (Wildman–Crippen LogP) is 3.59. The third kappa shape index (κ3) is 6.15.